The van der Waals surface area contributed by atoms with Crippen LogP contribution in [0.25, 0.3) is 5.65 Å². The number of sulfone groups is 1. The SMILES string of the molecule is CNc1nn2c(CN(C)C)cc(C)nc2c1S(=O)(=O)c1ccc(F)c(Cl)c1. The van der Waals surface area contributed by atoms with Gasteiger partial charge in [0.15, 0.2) is 16.4 Å². The van der Waals surface area contributed by atoms with Crippen molar-refractivity contribution < 1.29 is 12.8 Å². The number of aromatic nitrogens is 3. The third-order valence-electron chi connectivity index (χ3n) is 3.93. The zero-order valence-corrected chi connectivity index (χ0v) is 16.9. The van der Waals surface area contributed by atoms with E-state index in [0.29, 0.717) is 12.2 Å². The first kappa shape index (κ1) is 19.5. The van der Waals surface area contributed by atoms with E-state index < -0.39 is 15.7 Å². The van der Waals surface area contributed by atoms with Crippen LogP contribution < -0.4 is 5.32 Å². The number of anilines is 1. The van der Waals surface area contributed by atoms with E-state index in [-0.39, 0.29) is 26.3 Å². The van der Waals surface area contributed by atoms with Crippen LogP contribution in [0.5, 0.6) is 0 Å². The quantitative estimate of drug-likeness (QED) is 0.650. The van der Waals surface area contributed by atoms with E-state index in [1.165, 1.54) is 10.6 Å². The Morgan fingerprint density at radius 2 is 2.00 bits per heavy atom. The summed E-state index contributed by atoms with van der Waals surface area (Å²) in [5, 5.41) is 6.93. The van der Waals surface area contributed by atoms with Crippen LogP contribution in [0, 0.1) is 12.7 Å². The number of aryl methyl sites for hydroxylation is 1. The third-order valence-corrected chi connectivity index (χ3v) is 6.01. The second-order valence-electron chi connectivity index (χ2n) is 6.37. The molecule has 1 aromatic carbocycles. The maximum absolute atomic E-state index is 13.5. The van der Waals surface area contributed by atoms with E-state index in [1.807, 2.05) is 25.1 Å². The molecule has 0 saturated heterocycles. The standard InChI is InChI=1S/C17H19ClFN5O2S/c1-10-7-11(9-23(3)4)24-17(21-10)15(16(20-2)22-24)27(25,26)12-5-6-14(19)13(18)8-12/h5-8H,9H2,1-4H3,(H,20,22). The molecule has 144 valence electrons. The molecule has 0 aliphatic rings. The fraction of sp³-hybridized carbons (Fsp3) is 0.294. The van der Waals surface area contributed by atoms with Crippen molar-refractivity contribution in [3.05, 3.63) is 46.5 Å². The van der Waals surface area contributed by atoms with Gasteiger partial charge in [-0.15, -0.1) is 5.10 Å². The van der Waals surface area contributed by atoms with Crippen molar-refractivity contribution in [3.63, 3.8) is 0 Å². The molecule has 0 saturated carbocycles. The van der Waals surface area contributed by atoms with E-state index in [9.17, 15) is 12.8 Å². The normalized spacial score (nSPS) is 12.1. The highest BCUT2D eigenvalue weighted by atomic mass is 35.5. The predicted molar refractivity (Wildman–Crippen MR) is 102 cm³/mol. The van der Waals surface area contributed by atoms with Gasteiger partial charge in [-0.3, -0.25) is 0 Å². The molecule has 0 fully saturated rings. The molecule has 0 aliphatic carbocycles. The molecule has 0 atom stereocenters. The van der Waals surface area contributed by atoms with E-state index in [1.54, 1.807) is 14.0 Å². The molecule has 3 aromatic rings. The fourth-order valence-corrected chi connectivity index (χ4v) is 4.58. The number of fused-ring (bicyclic) bond motifs is 1. The summed E-state index contributed by atoms with van der Waals surface area (Å²) in [4.78, 5) is 6.15. The minimum atomic E-state index is -4.04. The summed E-state index contributed by atoms with van der Waals surface area (Å²) in [6.45, 7) is 2.34. The third kappa shape index (κ3) is 3.50. The van der Waals surface area contributed by atoms with Crippen LogP contribution in [-0.2, 0) is 16.4 Å². The van der Waals surface area contributed by atoms with E-state index in [2.05, 4.69) is 15.4 Å². The molecule has 0 bridgehead atoms. The van der Waals surface area contributed by atoms with Gasteiger partial charge < -0.3 is 10.2 Å². The molecule has 0 radical (unpaired) electrons. The molecule has 0 amide bonds. The van der Waals surface area contributed by atoms with E-state index in [4.69, 9.17) is 11.6 Å². The Balaban J connectivity index is 2.32. The summed E-state index contributed by atoms with van der Waals surface area (Å²) in [6, 6.07) is 5.14. The van der Waals surface area contributed by atoms with Crippen LogP contribution in [0.2, 0.25) is 5.02 Å². The van der Waals surface area contributed by atoms with Gasteiger partial charge in [0.05, 0.1) is 15.6 Å². The van der Waals surface area contributed by atoms with Gasteiger partial charge in [-0.25, -0.2) is 22.3 Å². The molecule has 2 aromatic heterocycles. The Hall–Kier alpha value is -2.23. The molecule has 10 heteroatoms. The van der Waals surface area contributed by atoms with Gasteiger partial charge in [0, 0.05) is 19.3 Å². The number of halogens is 2. The van der Waals surface area contributed by atoms with Crippen LogP contribution in [0.1, 0.15) is 11.4 Å². The first-order valence-electron chi connectivity index (χ1n) is 8.07. The van der Waals surface area contributed by atoms with Crippen LogP contribution in [0.3, 0.4) is 0 Å². The summed E-state index contributed by atoms with van der Waals surface area (Å²) in [7, 11) is 1.35. The van der Waals surface area contributed by atoms with Crippen molar-refractivity contribution in [1.29, 1.82) is 0 Å². The lowest BCUT2D eigenvalue weighted by atomic mass is 10.3. The topological polar surface area (TPSA) is 79.6 Å². The number of benzene rings is 1. The lowest BCUT2D eigenvalue weighted by Gasteiger charge is -2.12. The Bertz CT molecular complexity index is 1130. The highest BCUT2D eigenvalue weighted by molar-refractivity contribution is 7.91. The predicted octanol–water partition coefficient (Wildman–Crippen LogP) is 2.77. The highest BCUT2D eigenvalue weighted by Gasteiger charge is 2.30. The number of nitrogens with one attached hydrogen (secondary N) is 1. The summed E-state index contributed by atoms with van der Waals surface area (Å²) in [5.74, 6) is -0.528. The Labute approximate surface area is 161 Å². The minimum absolute atomic E-state index is 0.0728. The molecule has 3 rings (SSSR count). The van der Waals surface area contributed by atoms with Crippen molar-refractivity contribution >= 4 is 32.9 Å². The number of nitrogens with zero attached hydrogens (tertiary/aromatic N) is 4. The average molecular weight is 412 g/mol. The highest BCUT2D eigenvalue weighted by Crippen LogP contribution is 2.32. The van der Waals surface area contributed by atoms with Crippen molar-refractivity contribution in [2.75, 3.05) is 26.5 Å². The maximum Gasteiger partial charge on any atom is 0.214 e. The first-order chi connectivity index (χ1) is 12.6. The van der Waals surface area contributed by atoms with Gasteiger partial charge in [-0.2, -0.15) is 0 Å². The van der Waals surface area contributed by atoms with Gasteiger partial charge in [-0.05, 0) is 45.3 Å². The summed E-state index contributed by atoms with van der Waals surface area (Å²) in [6.07, 6.45) is 0. The summed E-state index contributed by atoms with van der Waals surface area (Å²) in [5.41, 5.74) is 1.66. The first-order valence-corrected chi connectivity index (χ1v) is 9.93. The Morgan fingerprint density at radius 1 is 1.30 bits per heavy atom. The van der Waals surface area contributed by atoms with Crippen molar-refractivity contribution in [3.8, 4) is 0 Å². The maximum atomic E-state index is 13.5. The van der Waals surface area contributed by atoms with Crippen molar-refractivity contribution in [1.82, 2.24) is 19.5 Å². The van der Waals surface area contributed by atoms with Gasteiger partial charge in [0.25, 0.3) is 0 Å². The molecule has 7 nitrogen and oxygen atoms in total. The van der Waals surface area contributed by atoms with Crippen LogP contribution >= 0.6 is 11.6 Å². The zero-order valence-electron chi connectivity index (χ0n) is 15.3. The number of rotatable bonds is 5. The largest absolute Gasteiger partial charge is 0.370 e. The average Bonchev–Trinajstić information content (AvgIpc) is 2.96. The zero-order chi connectivity index (χ0) is 19.9. The second kappa shape index (κ2) is 7.06. The monoisotopic (exact) mass is 411 g/mol. The Morgan fingerprint density at radius 3 is 2.59 bits per heavy atom. The molecule has 0 unspecified atom stereocenters. The van der Waals surface area contributed by atoms with Gasteiger partial charge in [-0.1, -0.05) is 11.6 Å². The lowest BCUT2D eigenvalue weighted by Crippen LogP contribution is -2.15. The molecule has 0 spiro atoms. The van der Waals surface area contributed by atoms with Gasteiger partial charge in [0.2, 0.25) is 9.84 Å². The smallest absolute Gasteiger partial charge is 0.214 e. The molecular weight excluding hydrogens is 393 g/mol. The summed E-state index contributed by atoms with van der Waals surface area (Å²) >= 11 is 5.78. The van der Waals surface area contributed by atoms with Gasteiger partial charge in [0.1, 0.15) is 5.82 Å². The van der Waals surface area contributed by atoms with E-state index >= 15 is 0 Å². The van der Waals surface area contributed by atoms with Crippen LogP contribution in [0.15, 0.2) is 34.1 Å². The molecule has 27 heavy (non-hydrogen) atoms. The molecule has 0 aliphatic heterocycles. The number of hydrogen-bond donors (Lipinski definition) is 1. The minimum Gasteiger partial charge on any atom is -0.370 e. The van der Waals surface area contributed by atoms with Gasteiger partial charge >= 0.3 is 0 Å². The van der Waals surface area contributed by atoms with Crippen LogP contribution in [0.4, 0.5) is 10.2 Å². The molecule has 1 N–H and O–H groups in total. The molecular formula is C17H19ClFN5O2S. The van der Waals surface area contributed by atoms with E-state index in [0.717, 1.165) is 17.8 Å². The van der Waals surface area contributed by atoms with Crippen molar-refractivity contribution in [2.45, 2.75) is 23.3 Å². The van der Waals surface area contributed by atoms with Crippen LogP contribution in [-0.4, -0.2) is 49.1 Å². The lowest BCUT2D eigenvalue weighted by molar-refractivity contribution is 0.392. The van der Waals surface area contributed by atoms with Crippen molar-refractivity contribution in [2.24, 2.45) is 0 Å². The number of hydrogen-bond acceptors (Lipinski definition) is 6. The Kier molecular flexibility index (Phi) is 5.11. The second-order valence-corrected chi connectivity index (χ2v) is 8.66. The molecule has 2 heterocycles. The summed E-state index contributed by atoms with van der Waals surface area (Å²) < 4.78 is 41.5. The fourth-order valence-electron chi connectivity index (χ4n) is 2.80.